The van der Waals surface area contributed by atoms with Gasteiger partial charge < -0.3 is 5.11 Å². The summed E-state index contributed by atoms with van der Waals surface area (Å²) < 4.78 is 21.9. The molecule has 0 aliphatic heterocycles. The molecule has 0 radical (unpaired) electrons. The van der Waals surface area contributed by atoms with Gasteiger partial charge in [0.05, 0.1) is 6.10 Å². The van der Waals surface area contributed by atoms with Gasteiger partial charge in [0, 0.05) is 16.9 Å². The Morgan fingerprint density at radius 1 is 1.29 bits per heavy atom. The number of hydrogen-bond acceptors (Lipinski definition) is 4. The van der Waals surface area contributed by atoms with Crippen molar-refractivity contribution in [2.45, 2.75) is 23.8 Å². The summed E-state index contributed by atoms with van der Waals surface area (Å²) >= 11 is 1.65. The van der Waals surface area contributed by atoms with Gasteiger partial charge in [0.2, 0.25) is 0 Å². The molecule has 1 unspecified atom stereocenters. The van der Waals surface area contributed by atoms with Crippen LogP contribution in [0.4, 0.5) is 0 Å². The Bertz CT molecular complexity index is 437. The summed E-state index contributed by atoms with van der Waals surface area (Å²) in [5.41, 5.74) is 0.844. The quantitative estimate of drug-likeness (QED) is 0.809. The van der Waals surface area contributed by atoms with Crippen molar-refractivity contribution in [3.8, 4) is 0 Å². The molecule has 0 spiro atoms. The van der Waals surface area contributed by atoms with Gasteiger partial charge in [-0.3, -0.25) is 0 Å². The average Bonchev–Trinajstić information content (AvgIpc) is 2.27. The van der Waals surface area contributed by atoms with Crippen LogP contribution < -0.4 is 0 Å². The highest BCUT2D eigenvalue weighted by atomic mass is 32.2. The molecule has 17 heavy (non-hydrogen) atoms. The minimum atomic E-state index is -2.93. The van der Waals surface area contributed by atoms with E-state index in [0.717, 1.165) is 10.5 Å². The van der Waals surface area contributed by atoms with Crippen LogP contribution in [-0.2, 0) is 9.84 Å². The first-order valence-corrected chi connectivity index (χ1v) is 8.70. The maximum absolute atomic E-state index is 10.9. The lowest BCUT2D eigenvalue weighted by Crippen LogP contribution is -2.05. The molecule has 0 bridgehead atoms. The van der Waals surface area contributed by atoms with Gasteiger partial charge in [-0.2, -0.15) is 0 Å². The van der Waals surface area contributed by atoms with E-state index in [0.29, 0.717) is 12.8 Å². The van der Waals surface area contributed by atoms with Crippen LogP contribution in [0.1, 0.15) is 24.5 Å². The normalized spacial score (nSPS) is 13.6. The second-order valence-corrected chi connectivity index (χ2v) is 7.20. The summed E-state index contributed by atoms with van der Waals surface area (Å²) in [5, 5.41) is 9.88. The van der Waals surface area contributed by atoms with Crippen LogP contribution >= 0.6 is 11.8 Å². The molecule has 1 atom stereocenters. The molecule has 0 saturated heterocycles. The van der Waals surface area contributed by atoms with Crippen molar-refractivity contribution in [3.63, 3.8) is 0 Å². The Labute approximate surface area is 107 Å². The van der Waals surface area contributed by atoms with Crippen LogP contribution in [0.3, 0.4) is 0 Å². The van der Waals surface area contributed by atoms with Crippen molar-refractivity contribution in [1.82, 2.24) is 0 Å². The van der Waals surface area contributed by atoms with Crippen molar-refractivity contribution in [1.29, 1.82) is 0 Å². The number of aliphatic hydroxyl groups is 1. The first kappa shape index (κ1) is 14.5. The molecular weight excluding hydrogens is 256 g/mol. The van der Waals surface area contributed by atoms with Gasteiger partial charge in [-0.15, -0.1) is 11.8 Å². The highest BCUT2D eigenvalue weighted by Gasteiger charge is 2.09. The smallest absolute Gasteiger partial charge is 0.147 e. The third-order valence-electron chi connectivity index (χ3n) is 2.49. The van der Waals surface area contributed by atoms with Crippen LogP contribution in [0.5, 0.6) is 0 Å². The summed E-state index contributed by atoms with van der Waals surface area (Å²) in [7, 11) is -2.93. The van der Waals surface area contributed by atoms with E-state index in [1.807, 2.05) is 30.5 Å². The number of thioether (sulfide) groups is 1. The van der Waals surface area contributed by atoms with E-state index in [4.69, 9.17) is 0 Å². The lowest BCUT2D eigenvalue weighted by Gasteiger charge is -2.10. The van der Waals surface area contributed by atoms with Gasteiger partial charge in [-0.25, -0.2) is 8.42 Å². The minimum Gasteiger partial charge on any atom is -0.388 e. The van der Waals surface area contributed by atoms with Crippen molar-refractivity contribution in [3.05, 3.63) is 29.8 Å². The Hall–Kier alpha value is -0.520. The van der Waals surface area contributed by atoms with Gasteiger partial charge in [-0.1, -0.05) is 12.1 Å². The topological polar surface area (TPSA) is 54.4 Å². The first-order chi connectivity index (χ1) is 7.92. The van der Waals surface area contributed by atoms with Crippen LogP contribution in [-0.4, -0.2) is 31.8 Å². The zero-order valence-electron chi connectivity index (χ0n) is 10.1. The second-order valence-electron chi connectivity index (χ2n) is 4.06. The molecule has 1 rings (SSSR count). The largest absolute Gasteiger partial charge is 0.388 e. The van der Waals surface area contributed by atoms with E-state index in [9.17, 15) is 13.5 Å². The molecular formula is C12H18O3S2. The second kappa shape index (κ2) is 6.42. The Kier molecular flexibility index (Phi) is 5.49. The minimum absolute atomic E-state index is 0.132. The van der Waals surface area contributed by atoms with Crippen molar-refractivity contribution >= 4 is 21.6 Å². The first-order valence-electron chi connectivity index (χ1n) is 5.42. The van der Waals surface area contributed by atoms with E-state index in [2.05, 4.69) is 0 Å². The van der Waals surface area contributed by atoms with Crippen molar-refractivity contribution < 1.29 is 13.5 Å². The van der Waals surface area contributed by atoms with Gasteiger partial charge in [-0.05, 0) is 36.8 Å². The molecule has 0 aliphatic carbocycles. The van der Waals surface area contributed by atoms with E-state index >= 15 is 0 Å². The fourth-order valence-electron chi connectivity index (χ4n) is 1.53. The Morgan fingerprint density at radius 2 is 1.88 bits per heavy atom. The molecule has 0 saturated carbocycles. The fourth-order valence-corrected chi connectivity index (χ4v) is 2.63. The summed E-state index contributed by atoms with van der Waals surface area (Å²) in [6.45, 7) is 0. The predicted octanol–water partition coefficient (Wildman–Crippen LogP) is 2.27. The summed E-state index contributed by atoms with van der Waals surface area (Å²) in [6, 6.07) is 7.69. The van der Waals surface area contributed by atoms with E-state index in [1.165, 1.54) is 6.26 Å². The average molecular weight is 274 g/mol. The number of rotatable bonds is 6. The molecule has 1 aromatic carbocycles. The zero-order valence-corrected chi connectivity index (χ0v) is 11.7. The van der Waals surface area contributed by atoms with Crippen molar-refractivity contribution in [2.24, 2.45) is 0 Å². The third-order valence-corrected chi connectivity index (χ3v) is 4.27. The summed E-state index contributed by atoms with van der Waals surface area (Å²) in [6.07, 6.45) is 3.60. The molecule has 0 aliphatic rings. The van der Waals surface area contributed by atoms with E-state index in [-0.39, 0.29) is 5.75 Å². The maximum Gasteiger partial charge on any atom is 0.147 e. The molecule has 1 aromatic rings. The lowest BCUT2D eigenvalue weighted by atomic mass is 10.1. The highest BCUT2D eigenvalue weighted by Crippen LogP contribution is 2.22. The van der Waals surface area contributed by atoms with Crippen LogP contribution in [0, 0.1) is 0 Å². The van der Waals surface area contributed by atoms with Gasteiger partial charge in [0.25, 0.3) is 0 Å². The molecule has 0 aromatic heterocycles. The van der Waals surface area contributed by atoms with Crippen LogP contribution in [0.25, 0.3) is 0 Å². The zero-order chi connectivity index (χ0) is 12.9. The van der Waals surface area contributed by atoms with E-state index in [1.54, 1.807) is 11.8 Å². The number of sulfone groups is 1. The van der Waals surface area contributed by atoms with Gasteiger partial charge >= 0.3 is 0 Å². The van der Waals surface area contributed by atoms with Gasteiger partial charge in [0.1, 0.15) is 9.84 Å². The molecule has 5 heteroatoms. The van der Waals surface area contributed by atoms with E-state index < -0.39 is 15.9 Å². The monoisotopic (exact) mass is 274 g/mol. The van der Waals surface area contributed by atoms with Gasteiger partial charge in [0.15, 0.2) is 0 Å². The fraction of sp³-hybridized carbons (Fsp3) is 0.500. The number of hydrogen-bond donors (Lipinski definition) is 1. The Morgan fingerprint density at radius 3 is 2.35 bits per heavy atom. The van der Waals surface area contributed by atoms with Crippen LogP contribution in [0.2, 0.25) is 0 Å². The van der Waals surface area contributed by atoms with Crippen LogP contribution in [0.15, 0.2) is 29.2 Å². The molecule has 0 heterocycles. The molecule has 0 amide bonds. The number of benzene rings is 1. The maximum atomic E-state index is 10.9. The SMILES string of the molecule is CSc1ccc(C(O)CCCS(C)(=O)=O)cc1. The third kappa shape index (κ3) is 5.57. The Balaban J connectivity index is 2.49. The highest BCUT2D eigenvalue weighted by molar-refractivity contribution is 7.98. The standard InChI is InChI=1S/C12H18O3S2/c1-16-11-7-5-10(6-8-11)12(13)4-3-9-17(2,14)15/h5-8,12-13H,3-4,9H2,1-2H3. The summed E-state index contributed by atoms with van der Waals surface area (Å²) in [4.78, 5) is 1.15. The molecule has 3 nitrogen and oxygen atoms in total. The molecule has 0 fully saturated rings. The molecule has 96 valence electrons. The number of aliphatic hydroxyl groups excluding tert-OH is 1. The lowest BCUT2D eigenvalue weighted by molar-refractivity contribution is 0.166. The summed E-state index contributed by atoms with van der Waals surface area (Å²) in [5.74, 6) is 0.132. The molecule has 1 N–H and O–H groups in total. The predicted molar refractivity (Wildman–Crippen MR) is 72.1 cm³/mol. The van der Waals surface area contributed by atoms with Crippen molar-refractivity contribution in [2.75, 3.05) is 18.3 Å².